The van der Waals surface area contributed by atoms with Crippen molar-refractivity contribution < 1.29 is 14.6 Å². The third kappa shape index (κ3) is 6.22. The van der Waals surface area contributed by atoms with Crippen molar-refractivity contribution in [2.45, 2.75) is 39.9 Å². The minimum Gasteiger partial charge on any atom is -0.393 e. The molecule has 0 bridgehead atoms. The van der Waals surface area contributed by atoms with Crippen molar-refractivity contribution in [2.75, 3.05) is 19.0 Å². The zero-order valence-corrected chi connectivity index (χ0v) is 14.3. The molecular weight excluding hydrogens is 304 g/mol. The highest BCUT2D eigenvalue weighted by Gasteiger charge is 2.21. The van der Waals surface area contributed by atoms with Gasteiger partial charge in [-0.15, -0.1) is 0 Å². The number of methoxy groups -OCH3 is 1. The molecule has 1 unspecified atom stereocenters. The molecule has 0 aliphatic carbocycles. The Kier molecular flexibility index (Phi) is 7.13. The number of ether oxygens (including phenoxy) is 1. The van der Waals surface area contributed by atoms with E-state index in [1.165, 1.54) is 0 Å². The highest BCUT2D eigenvalue weighted by atomic mass is 35.5. The van der Waals surface area contributed by atoms with Gasteiger partial charge in [-0.25, -0.2) is 4.79 Å². The second kappa shape index (κ2) is 8.36. The molecule has 0 aromatic heterocycles. The van der Waals surface area contributed by atoms with Crippen LogP contribution < -0.4 is 10.6 Å². The molecule has 1 aromatic carbocycles. The molecule has 1 aromatic rings. The van der Waals surface area contributed by atoms with Gasteiger partial charge in [0.15, 0.2) is 0 Å². The SMILES string of the molecule is COCc1c(Cl)cccc1NC(=O)NCC(C)(C)CC(C)O. The number of aliphatic hydroxyl groups is 1. The van der Waals surface area contributed by atoms with E-state index in [0.717, 1.165) is 5.56 Å². The summed E-state index contributed by atoms with van der Waals surface area (Å²) in [5.41, 5.74) is 1.18. The maximum atomic E-state index is 12.0. The van der Waals surface area contributed by atoms with Gasteiger partial charge in [-0.2, -0.15) is 0 Å². The van der Waals surface area contributed by atoms with Crippen LogP contribution in [0.25, 0.3) is 0 Å². The van der Waals surface area contributed by atoms with Crippen molar-refractivity contribution in [3.63, 3.8) is 0 Å². The number of hydrogen-bond acceptors (Lipinski definition) is 3. The first-order chi connectivity index (χ1) is 10.2. The van der Waals surface area contributed by atoms with E-state index in [9.17, 15) is 9.90 Å². The molecule has 22 heavy (non-hydrogen) atoms. The van der Waals surface area contributed by atoms with Crippen LogP contribution in [-0.2, 0) is 11.3 Å². The predicted molar refractivity (Wildman–Crippen MR) is 89.3 cm³/mol. The molecule has 6 heteroatoms. The predicted octanol–water partition coefficient (Wildman–Crippen LogP) is 3.41. The molecule has 0 aliphatic rings. The van der Waals surface area contributed by atoms with Crippen molar-refractivity contribution >= 4 is 23.3 Å². The van der Waals surface area contributed by atoms with E-state index in [1.807, 2.05) is 13.8 Å². The first-order valence-corrected chi connectivity index (χ1v) is 7.62. The van der Waals surface area contributed by atoms with Crippen LogP contribution in [0.2, 0.25) is 5.02 Å². The van der Waals surface area contributed by atoms with E-state index in [-0.39, 0.29) is 11.4 Å². The van der Waals surface area contributed by atoms with Gasteiger partial charge in [0, 0.05) is 29.9 Å². The summed E-state index contributed by atoms with van der Waals surface area (Å²) in [6.07, 6.45) is 0.209. The van der Waals surface area contributed by atoms with Crippen molar-refractivity contribution in [1.82, 2.24) is 5.32 Å². The third-order valence-electron chi connectivity index (χ3n) is 3.23. The maximum absolute atomic E-state index is 12.0. The zero-order chi connectivity index (χ0) is 16.8. The fraction of sp³-hybridized carbons (Fsp3) is 0.562. The van der Waals surface area contributed by atoms with Crippen molar-refractivity contribution in [2.24, 2.45) is 5.41 Å². The molecule has 0 aliphatic heterocycles. The highest BCUT2D eigenvalue weighted by Crippen LogP contribution is 2.25. The summed E-state index contributed by atoms with van der Waals surface area (Å²) in [6.45, 7) is 6.52. The Labute approximate surface area is 137 Å². The summed E-state index contributed by atoms with van der Waals surface area (Å²) < 4.78 is 5.10. The van der Waals surface area contributed by atoms with E-state index in [1.54, 1.807) is 32.2 Å². The topological polar surface area (TPSA) is 70.6 Å². The number of urea groups is 1. The second-order valence-electron chi connectivity index (χ2n) is 6.22. The maximum Gasteiger partial charge on any atom is 0.319 e. The molecular formula is C16H25ClN2O3. The minimum absolute atomic E-state index is 0.185. The third-order valence-corrected chi connectivity index (χ3v) is 3.59. The Bertz CT molecular complexity index is 504. The summed E-state index contributed by atoms with van der Waals surface area (Å²) in [4.78, 5) is 12.0. The van der Waals surface area contributed by atoms with Gasteiger partial charge in [0.1, 0.15) is 0 Å². The average Bonchev–Trinajstić information content (AvgIpc) is 2.39. The van der Waals surface area contributed by atoms with Crippen LogP contribution in [-0.4, -0.2) is 30.9 Å². The fourth-order valence-electron chi connectivity index (χ4n) is 2.32. The highest BCUT2D eigenvalue weighted by molar-refractivity contribution is 6.31. The van der Waals surface area contributed by atoms with Crippen molar-refractivity contribution in [1.29, 1.82) is 0 Å². The second-order valence-corrected chi connectivity index (χ2v) is 6.63. The zero-order valence-electron chi connectivity index (χ0n) is 13.6. The molecule has 0 saturated heterocycles. The first kappa shape index (κ1) is 18.7. The molecule has 1 rings (SSSR count). The van der Waals surface area contributed by atoms with E-state index in [4.69, 9.17) is 16.3 Å². The summed E-state index contributed by atoms with van der Waals surface area (Å²) in [7, 11) is 1.58. The van der Waals surface area contributed by atoms with E-state index >= 15 is 0 Å². The molecule has 2 amide bonds. The smallest absolute Gasteiger partial charge is 0.319 e. The van der Waals surface area contributed by atoms with Crippen LogP contribution in [0.3, 0.4) is 0 Å². The number of rotatable bonds is 7. The molecule has 0 heterocycles. The molecule has 3 N–H and O–H groups in total. The van der Waals surface area contributed by atoms with Gasteiger partial charge < -0.3 is 20.5 Å². The number of carbonyl (C=O) groups excluding carboxylic acids is 1. The lowest BCUT2D eigenvalue weighted by molar-refractivity contribution is 0.129. The molecule has 0 fully saturated rings. The van der Waals surface area contributed by atoms with Gasteiger partial charge in [-0.3, -0.25) is 0 Å². The van der Waals surface area contributed by atoms with E-state index in [2.05, 4.69) is 10.6 Å². The lowest BCUT2D eigenvalue weighted by Crippen LogP contribution is -2.38. The first-order valence-electron chi connectivity index (χ1n) is 7.24. The van der Waals surface area contributed by atoms with Gasteiger partial charge in [-0.05, 0) is 30.9 Å². The van der Waals surface area contributed by atoms with E-state index < -0.39 is 6.10 Å². The van der Waals surface area contributed by atoms with Crippen LogP contribution in [0.5, 0.6) is 0 Å². The summed E-state index contributed by atoms with van der Waals surface area (Å²) in [6, 6.07) is 5.00. The molecule has 124 valence electrons. The Balaban J connectivity index is 2.64. The van der Waals surface area contributed by atoms with Gasteiger partial charge in [0.05, 0.1) is 12.7 Å². The lowest BCUT2D eigenvalue weighted by atomic mass is 9.87. The number of aliphatic hydroxyl groups excluding tert-OH is 1. The molecule has 0 spiro atoms. The number of benzene rings is 1. The fourth-order valence-corrected chi connectivity index (χ4v) is 2.55. The number of anilines is 1. The largest absolute Gasteiger partial charge is 0.393 e. The van der Waals surface area contributed by atoms with Crippen LogP contribution in [0.1, 0.15) is 32.8 Å². The number of halogens is 1. The Morgan fingerprint density at radius 1 is 1.45 bits per heavy atom. The quantitative estimate of drug-likeness (QED) is 0.718. The molecule has 0 saturated carbocycles. The molecule has 0 radical (unpaired) electrons. The number of nitrogens with one attached hydrogen (secondary N) is 2. The van der Waals surface area contributed by atoms with Crippen molar-refractivity contribution in [3.8, 4) is 0 Å². The van der Waals surface area contributed by atoms with Crippen LogP contribution in [0, 0.1) is 5.41 Å². The van der Waals surface area contributed by atoms with Crippen molar-refractivity contribution in [3.05, 3.63) is 28.8 Å². The number of amides is 2. The molecule has 1 atom stereocenters. The summed E-state index contributed by atoms with van der Waals surface area (Å²) in [5, 5.41) is 15.6. The lowest BCUT2D eigenvalue weighted by Gasteiger charge is -2.26. The Morgan fingerprint density at radius 3 is 2.73 bits per heavy atom. The van der Waals surface area contributed by atoms with Gasteiger partial charge >= 0.3 is 6.03 Å². The minimum atomic E-state index is -0.402. The monoisotopic (exact) mass is 328 g/mol. The van der Waals surface area contributed by atoms with Gasteiger partial charge in [0.25, 0.3) is 0 Å². The van der Waals surface area contributed by atoms with Crippen LogP contribution in [0.4, 0.5) is 10.5 Å². The number of hydrogen-bond donors (Lipinski definition) is 3. The standard InChI is InChI=1S/C16H25ClN2O3/c1-11(20)8-16(2,3)10-18-15(21)19-14-7-5-6-13(17)12(14)9-22-4/h5-7,11,20H,8-10H2,1-4H3,(H2,18,19,21). The Hall–Kier alpha value is -1.30. The van der Waals surface area contributed by atoms with Gasteiger partial charge in [0.2, 0.25) is 0 Å². The summed E-state index contributed by atoms with van der Waals surface area (Å²) in [5.74, 6) is 0. The van der Waals surface area contributed by atoms with Gasteiger partial charge in [-0.1, -0.05) is 31.5 Å². The average molecular weight is 329 g/mol. The Morgan fingerprint density at radius 2 is 2.14 bits per heavy atom. The normalized spacial score (nSPS) is 12.8. The van der Waals surface area contributed by atoms with Crippen LogP contribution in [0.15, 0.2) is 18.2 Å². The molecule has 5 nitrogen and oxygen atoms in total. The van der Waals surface area contributed by atoms with Crippen LogP contribution >= 0.6 is 11.6 Å². The number of carbonyl (C=O) groups is 1. The summed E-state index contributed by atoms with van der Waals surface area (Å²) >= 11 is 6.12. The van der Waals surface area contributed by atoms with E-state index in [0.29, 0.717) is 30.3 Å².